The highest BCUT2D eigenvalue weighted by molar-refractivity contribution is 7.93. The van der Waals surface area contributed by atoms with Crippen LogP contribution in [0.25, 0.3) is 10.8 Å². The van der Waals surface area contributed by atoms with E-state index in [-0.39, 0.29) is 9.79 Å². The van der Waals surface area contributed by atoms with Gasteiger partial charge in [-0.2, -0.15) is 0 Å². The fraction of sp³-hybridized carbons (Fsp3) is 0.121. The van der Waals surface area contributed by atoms with Crippen molar-refractivity contribution in [2.24, 2.45) is 0 Å². The standard InChI is InChI=1S/C33H31N3O5S2/c1-23-11-15-30(16-12-23)43(40,41)36(28-20-24(2)19-25(3)21-28)22-33(37)34-27-13-17-29(18-14-27)42(38,39)35-32-10-6-8-26-7-4-5-9-31(26)32/h4-21,35H,22H2,1-3H3,(H,34,37). The number of carbonyl (C=O) groups is 1. The van der Waals surface area contributed by atoms with E-state index in [2.05, 4.69) is 10.0 Å². The van der Waals surface area contributed by atoms with Crippen LogP contribution in [0.15, 0.2) is 119 Å². The minimum atomic E-state index is -4.08. The predicted octanol–water partition coefficient (Wildman–Crippen LogP) is 6.40. The lowest BCUT2D eigenvalue weighted by atomic mass is 10.1. The van der Waals surface area contributed by atoms with E-state index in [4.69, 9.17) is 0 Å². The van der Waals surface area contributed by atoms with Crippen molar-refractivity contribution in [1.29, 1.82) is 0 Å². The Labute approximate surface area is 252 Å². The maximum atomic E-state index is 13.7. The second-order valence-corrected chi connectivity index (χ2v) is 13.9. The summed E-state index contributed by atoms with van der Waals surface area (Å²) in [6.07, 6.45) is 0. The number of nitrogens with one attached hydrogen (secondary N) is 2. The highest BCUT2D eigenvalue weighted by Gasteiger charge is 2.28. The van der Waals surface area contributed by atoms with Crippen molar-refractivity contribution in [1.82, 2.24) is 0 Å². The average molecular weight is 614 g/mol. The molecule has 0 bridgehead atoms. The number of aryl methyl sites for hydroxylation is 3. The van der Waals surface area contributed by atoms with Crippen LogP contribution in [0.4, 0.5) is 17.1 Å². The Morgan fingerprint density at radius 2 is 1.28 bits per heavy atom. The number of fused-ring (bicyclic) bond motifs is 1. The number of sulfonamides is 2. The third kappa shape index (κ3) is 6.71. The van der Waals surface area contributed by atoms with Crippen molar-refractivity contribution in [3.63, 3.8) is 0 Å². The van der Waals surface area contributed by atoms with Gasteiger partial charge in [-0.05, 0) is 91.9 Å². The monoisotopic (exact) mass is 613 g/mol. The normalized spacial score (nSPS) is 11.7. The SMILES string of the molecule is Cc1ccc(S(=O)(=O)N(CC(=O)Nc2ccc(S(=O)(=O)Nc3cccc4ccccc34)cc2)c2cc(C)cc(C)c2)cc1. The third-order valence-corrected chi connectivity index (χ3v) is 10.0. The molecule has 2 N–H and O–H groups in total. The van der Waals surface area contributed by atoms with Crippen LogP contribution < -0.4 is 14.3 Å². The Morgan fingerprint density at radius 1 is 0.674 bits per heavy atom. The van der Waals surface area contributed by atoms with E-state index in [0.717, 1.165) is 31.8 Å². The zero-order valence-corrected chi connectivity index (χ0v) is 25.5. The number of nitrogens with zero attached hydrogens (tertiary/aromatic N) is 1. The summed E-state index contributed by atoms with van der Waals surface area (Å²) in [5, 5.41) is 4.37. The second-order valence-electron chi connectivity index (χ2n) is 10.4. The molecule has 0 spiro atoms. The van der Waals surface area contributed by atoms with E-state index >= 15 is 0 Å². The fourth-order valence-corrected chi connectivity index (χ4v) is 7.30. The van der Waals surface area contributed by atoms with Crippen LogP contribution >= 0.6 is 0 Å². The van der Waals surface area contributed by atoms with Crippen LogP contribution in [-0.4, -0.2) is 29.3 Å². The van der Waals surface area contributed by atoms with Crippen LogP contribution in [0.1, 0.15) is 16.7 Å². The highest BCUT2D eigenvalue weighted by atomic mass is 32.2. The van der Waals surface area contributed by atoms with Crippen LogP contribution in [0.5, 0.6) is 0 Å². The summed E-state index contributed by atoms with van der Waals surface area (Å²) in [7, 11) is -7.99. The molecule has 43 heavy (non-hydrogen) atoms. The highest BCUT2D eigenvalue weighted by Crippen LogP contribution is 2.28. The van der Waals surface area contributed by atoms with Crippen LogP contribution in [0.3, 0.4) is 0 Å². The Morgan fingerprint density at radius 3 is 1.95 bits per heavy atom. The molecule has 0 heterocycles. The smallest absolute Gasteiger partial charge is 0.264 e. The molecule has 0 unspecified atom stereocenters. The molecule has 10 heteroatoms. The van der Waals surface area contributed by atoms with Gasteiger partial charge in [0.05, 0.1) is 21.2 Å². The number of rotatable bonds is 9. The lowest BCUT2D eigenvalue weighted by Crippen LogP contribution is -2.38. The Kier molecular flexibility index (Phi) is 8.25. The molecule has 5 aromatic carbocycles. The molecule has 0 aliphatic rings. The van der Waals surface area contributed by atoms with Crippen LogP contribution in [-0.2, 0) is 24.8 Å². The molecule has 1 amide bonds. The minimum absolute atomic E-state index is 0.0113. The third-order valence-electron chi connectivity index (χ3n) is 6.87. The summed E-state index contributed by atoms with van der Waals surface area (Å²) < 4.78 is 57.4. The fourth-order valence-electron chi connectivity index (χ4n) is 4.81. The van der Waals surface area contributed by atoms with Gasteiger partial charge in [0.15, 0.2) is 0 Å². The second kappa shape index (κ2) is 11.9. The van der Waals surface area contributed by atoms with E-state index in [0.29, 0.717) is 17.1 Å². The quantitative estimate of drug-likeness (QED) is 0.200. The van der Waals surface area contributed by atoms with Crippen molar-refractivity contribution in [3.05, 3.63) is 126 Å². The van der Waals surface area contributed by atoms with Gasteiger partial charge >= 0.3 is 0 Å². The van der Waals surface area contributed by atoms with E-state index in [1.54, 1.807) is 36.4 Å². The van der Waals surface area contributed by atoms with Gasteiger partial charge < -0.3 is 5.32 Å². The van der Waals surface area contributed by atoms with Gasteiger partial charge in [-0.1, -0.05) is 60.2 Å². The molecule has 0 saturated carbocycles. The summed E-state index contributed by atoms with van der Waals surface area (Å²) in [6.45, 7) is 5.10. The number of hydrogen-bond donors (Lipinski definition) is 2. The first kappa shape index (κ1) is 29.8. The van der Waals surface area contributed by atoms with Gasteiger partial charge in [0, 0.05) is 11.1 Å². The molecule has 0 aliphatic heterocycles. The molecule has 5 rings (SSSR count). The van der Waals surface area contributed by atoms with Crippen LogP contribution in [0.2, 0.25) is 0 Å². The molecule has 0 aromatic heterocycles. The molecule has 0 atom stereocenters. The molecule has 0 aliphatic carbocycles. The molecule has 5 aromatic rings. The topological polar surface area (TPSA) is 113 Å². The van der Waals surface area contributed by atoms with Crippen molar-refractivity contribution in [2.45, 2.75) is 30.6 Å². The molecule has 220 valence electrons. The zero-order chi connectivity index (χ0) is 30.8. The van der Waals surface area contributed by atoms with Crippen molar-refractivity contribution in [3.8, 4) is 0 Å². The first-order chi connectivity index (χ1) is 20.4. The summed E-state index contributed by atoms with van der Waals surface area (Å²) in [4.78, 5) is 13.3. The molecular formula is C33H31N3O5S2. The zero-order valence-electron chi connectivity index (χ0n) is 23.9. The summed E-state index contributed by atoms with van der Waals surface area (Å²) in [6, 6.07) is 30.3. The largest absolute Gasteiger partial charge is 0.325 e. The van der Waals surface area contributed by atoms with E-state index in [9.17, 15) is 21.6 Å². The first-order valence-corrected chi connectivity index (χ1v) is 16.4. The van der Waals surface area contributed by atoms with Gasteiger partial charge in [-0.25, -0.2) is 16.8 Å². The van der Waals surface area contributed by atoms with Crippen molar-refractivity contribution in [2.75, 3.05) is 20.9 Å². The molecule has 0 fully saturated rings. The van der Waals surface area contributed by atoms with Crippen molar-refractivity contribution < 1.29 is 21.6 Å². The molecule has 0 radical (unpaired) electrons. The number of amides is 1. The van der Waals surface area contributed by atoms with Gasteiger partial charge in [0.2, 0.25) is 5.91 Å². The molecule has 8 nitrogen and oxygen atoms in total. The number of carbonyl (C=O) groups excluding carboxylic acids is 1. The summed E-state index contributed by atoms with van der Waals surface area (Å²) >= 11 is 0. The summed E-state index contributed by atoms with van der Waals surface area (Å²) in [5.74, 6) is -0.584. The number of anilines is 3. The number of benzene rings is 5. The van der Waals surface area contributed by atoms with E-state index in [1.165, 1.54) is 36.4 Å². The van der Waals surface area contributed by atoms with Gasteiger partial charge in [0.25, 0.3) is 20.0 Å². The predicted molar refractivity (Wildman–Crippen MR) is 171 cm³/mol. The molecule has 0 saturated heterocycles. The number of hydrogen-bond acceptors (Lipinski definition) is 5. The first-order valence-electron chi connectivity index (χ1n) is 13.5. The average Bonchev–Trinajstić information content (AvgIpc) is 2.96. The summed E-state index contributed by atoms with van der Waals surface area (Å²) in [5.41, 5.74) is 3.77. The Balaban J connectivity index is 1.36. The Bertz CT molecular complexity index is 2000. The maximum Gasteiger partial charge on any atom is 0.264 e. The molecular weight excluding hydrogens is 583 g/mol. The minimum Gasteiger partial charge on any atom is -0.325 e. The van der Waals surface area contributed by atoms with Crippen LogP contribution in [0, 0.1) is 20.8 Å². The van der Waals surface area contributed by atoms with E-state index < -0.39 is 32.5 Å². The Hall–Kier alpha value is -4.67. The van der Waals surface area contributed by atoms with Gasteiger partial charge in [0.1, 0.15) is 6.54 Å². The van der Waals surface area contributed by atoms with Gasteiger partial charge in [-0.15, -0.1) is 0 Å². The lowest BCUT2D eigenvalue weighted by molar-refractivity contribution is -0.114. The lowest BCUT2D eigenvalue weighted by Gasteiger charge is -2.25. The maximum absolute atomic E-state index is 13.7. The van der Waals surface area contributed by atoms with Crippen molar-refractivity contribution >= 4 is 53.8 Å². The van der Waals surface area contributed by atoms with Gasteiger partial charge in [-0.3, -0.25) is 13.8 Å². The van der Waals surface area contributed by atoms with E-state index in [1.807, 2.05) is 57.2 Å².